The Morgan fingerprint density at radius 1 is 1.07 bits per heavy atom. The van der Waals surface area contributed by atoms with E-state index in [0.717, 1.165) is 43.7 Å². The van der Waals surface area contributed by atoms with Crippen molar-refractivity contribution in [2.24, 2.45) is 0 Å². The van der Waals surface area contributed by atoms with Crippen LogP contribution in [0.4, 0.5) is 11.4 Å². The van der Waals surface area contributed by atoms with Crippen molar-refractivity contribution in [3.63, 3.8) is 0 Å². The first-order valence-electron chi connectivity index (χ1n) is 10.6. The van der Waals surface area contributed by atoms with Crippen molar-refractivity contribution in [3.8, 4) is 0 Å². The van der Waals surface area contributed by atoms with Crippen molar-refractivity contribution in [1.82, 2.24) is 5.32 Å². The van der Waals surface area contributed by atoms with E-state index in [4.69, 9.17) is 4.42 Å². The molecule has 1 aromatic heterocycles. The van der Waals surface area contributed by atoms with E-state index < -0.39 is 0 Å². The summed E-state index contributed by atoms with van der Waals surface area (Å²) in [4.78, 5) is 27.1. The summed E-state index contributed by atoms with van der Waals surface area (Å²) in [6.07, 6.45) is 5.82. The predicted molar refractivity (Wildman–Crippen MR) is 117 cm³/mol. The smallest absolute Gasteiger partial charge is 0.253 e. The number of amides is 2. The fourth-order valence-electron chi connectivity index (χ4n) is 3.08. The quantitative estimate of drug-likeness (QED) is 0.529. The number of carbonyl (C=O) groups excluding carboxylic acids is 2. The first-order valence-corrected chi connectivity index (χ1v) is 10.6. The zero-order chi connectivity index (χ0) is 21.1. The molecule has 0 atom stereocenters. The van der Waals surface area contributed by atoms with Gasteiger partial charge in [-0.2, -0.15) is 0 Å². The maximum absolute atomic E-state index is 12.9. The summed E-state index contributed by atoms with van der Waals surface area (Å²) < 4.78 is 5.53. The Kier molecular flexibility index (Phi) is 9.28. The van der Waals surface area contributed by atoms with E-state index in [1.54, 1.807) is 12.3 Å². The number of hydrogen-bond acceptors (Lipinski definition) is 4. The van der Waals surface area contributed by atoms with Gasteiger partial charge in [0.05, 0.1) is 24.1 Å². The second kappa shape index (κ2) is 11.9. The summed E-state index contributed by atoms with van der Waals surface area (Å²) in [6, 6.07) is 9.36. The van der Waals surface area contributed by atoms with E-state index in [2.05, 4.69) is 22.5 Å². The lowest BCUT2D eigenvalue weighted by atomic mass is 10.1. The molecule has 0 saturated heterocycles. The van der Waals surface area contributed by atoms with Gasteiger partial charge in [0.1, 0.15) is 5.76 Å². The summed E-state index contributed by atoms with van der Waals surface area (Å²) in [6.45, 7) is 8.14. The van der Waals surface area contributed by atoms with Gasteiger partial charge in [0.15, 0.2) is 0 Å². The van der Waals surface area contributed by atoms with Gasteiger partial charge in [-0.05, 0) is 49.6 Å². The van der Waals surface area contributed by atoms with E-state index in [1.165, 1.54) is 0 Å². The topological polar surface area (TPSA) is 74.6 Å². The third-order valence-corrected chi connectivity index (χ3v) is 4.59. The third-order valence-electron chi connectivity index (χ3n) is 4.59. The number of nitrogens with zero attached hydrogens (tertiary/aromatic N) is 1. The van der Waals surface area contributed by atoms with Gasteiger partial charge in [0.2, 0.25) is 5.91 Å². The van der Waals surface area contributed by atoms with Crippen LogP contribution in [0.15, 0.2) is 41.0 Å². The van der Waals surface area contributed by atoms with Crippen molar-refractivity contribution in [3.05, 3.63) is 47.9 Å². The molecule has 0 fully saturated rings. The molecule has 6 heteroatoms. The van der Waals surface area contributed by atoms with Crippen LogP contribution in [0.25, 0.3) is 0 Å². The van der Waals surface area contributed by atoms with Crippen molar-refractivity contribution in [2.75, 3.05) is 23.3 Å². The molecule has 1 aromatic carbocycles. The first-order chi connectivity index (χ1) is 14.1. The average molecular weight is 400 g/mol. The average Bonchev–Trinajstić information content (AvgIpc) is 3.22. The lowest BCUT2D eigenvalue weighted by molar-refractivity contribution is -0.116. The van der Waals surface area contributed by atoms with E-state index in [9.17, 15) is 9.59 Å². The van der Waals surface area contributed by atoms with Gasteiger partial charge < -0.3 is 20.0 Å². The van der Waals surface area contributed by atoms with Crippen LogP contribution in [0.5, 0.6) is 0 Å². The fraction of sp³-hybridized carbons (Fsp3) is 0.478. The van der Waals surface area contributed by atoms with Crippen molar-refractivity contribution >= 4 is 23.2 Å². The molecule has 6 nitrogen and oxygen atoms in total. The van der Waals surface area contributed by atoms with Gasteiger partial charge >= 0.3 is 0 Å². The lowest BCUT2D eigenvalue weighted by Crippen LogP contribution is -2.30. The number of unbranched alkanes of at least 4 members (excludes halogenated alkanes) is 1. The predicted octanol–water partition coefficient (Wildman–Crippen LogP) is 4.96. The highest BCUT2D eigenvalue weighted by molar-refractivity contribution is 6.02. The summed E-state index contributed by atoms with van der Waals surface area (Å²) in [5.74, 6) is 0.675. The summed E-state index contributed by atoms with van der Waals surface area (Å²) >= 11 is 0. The molecule has 2 amide bonds. The minimum absolute atomic E-state index is 0.0430. The number of nitrogens with one attached hydrogen (secondary N) is 2. The van der Waals surface area contributed by atoms with Crippen molar-refractivity contribution < 1.29 is 14.0 Å². The van der Waals surface area contributed by atoms with Crippen LogP contribution < -0.4 is 15.5 Å². The zero-order valence-corrected chi connectivity index (χ0v) is 17.8. The Bertz CT molecular complexity index is 772. The Labute approximate surface area is 173 Å². The molecule has 2 aromatic rings. The monoisotopic (exact) mass is 399 g/mol. The van der Waals surface area contributed by atoms with Gasteiger partial charge in [0, 0.05) is 25.2 Å². The van der Waals surface area contributed by atoms with Crippen LogP contribution in [0.1, 0.15) is 69.0 Å². The number of anilines is 2. The maximum atomic E-state index is 12.9. The lowest BCUT2D eigenvalue weighted by Gasteiger charge is -2.26. The molecule has 29 heavy (non-hydrogen) atoms. The molecule has 2 rings (SSSR count). The number of hydrogen-bond donors (Lipinski definition) is 2. The van der Waals surface area contributed by atoms with Crippen LogP contribution in [-0.4, -0.2) is 24.9 Å². The first kappa shape index (κ1) is 22.5. The normalized spacial score (nSPS) is 10.6. The van der Waals surface area contributed by atoms with Crippen molar-refractivity contribution in [2.45, 2.75) is 59.4 Å². The largest absolute Gasteiger partial charge is 0.467 e. The van der Waals surface area contributed by atoms with Gasteiger partial charge in [-0.3, -0.25) is 9.59 Å². The SMILES string of the molecule is CCCCN(Cc1ccco1)c1ccc(NC(=O)CCC)cc1C(=O)NCCC. The summed E-state index contributed by atoms with van der Waals surface area (Å²) in [5.41, 5.74) is 2.05. The second-order valence-electron chi connectivity index (χ2n) is 7.14. The third kappa shape index (κ3) is 6.97. The zero-order valence-electron chi connectivity index (χ0n) is 17.8. The van der Waals surface area contributed by atoms with Crippen LogP contribution in [0.3, 0.4) is 0 Å². The van der Waals surface area contributed by atoms with E-state index in [0.29, 0.717) is 30.8 Å². The minimum atomic E-state index is -0.130. The van der Waals surface area contributed by atoms with E-state index >= 15 is 0 Å². The molecule has 0 spiro atoms. The highest BCUT2D eigenvalue weighted by atomic mass is 16.3. The van der Waals surface area contributed by atoms with Crippen molar-refractivity contribution in [1.29, 1.82) is 0 Å². The molecule has 2 N–H and O–H groups in total. The van der Waals surface area contributed by atoms with Crippen LogP contribution in [0.2, 0.25) is 0 Å². The van der Waals surface area contributed by atoms with E-state index in [-0.39, 0.29) is 11.8 Å². The van der Waals surface area contributed by atoms with Crippen LogP contribution in [0, 0.1) is 0 Å². The molecular weight excluding hydrogens is 366 g/mol. The second-order valence-corrected chi connectivity index (χ2v) is 7.14. The molecule has 0 aliphatic carbocycles. The highest BCUT2D eigenvalue weighted by Gasteiger charge is 2.19. The Hall–Kier alpha value is -2.76. The summed E-state index contributed by atoms with van der Waals surface area (Å²) in [5, 5.41) is 5.86. The molecule has 0 unspecified atom stereocenters. The number of benzene rings is 1. The molecule has 0 aliphatic heterocycles. The fourth-order valence-corrected chi connectivity index (χ4v) is 3.08. The Morgan fingerprint density at radius 3 is 2.55 bits per heavy atom. The van der Waals surface area contributed by atoms with Gasteiger partial charge in [-0.15, -0.1) is 0 Å². The number of carbonyl (C=O) groups is 2. The summed E-state index contributed by atoms with van der Waals surface area (Å²) in [7, 11) is 0. The number of rotatable bonds is 12. The molecular formula is C23H33N3O3. The molecule has 0 radical (unpaired) electrons. The minimum Gasteiger partial charge on any atom is -0.467 e. The Balaban J connectivity index is 2.36. The van der Waals surface area contributed by atoms with Gasteiger partial charge in [-0.1, -0.05) is 27.2 Å². The van der Waals surface area contributed by atoms with Gasteiger partial charge in [0.25, 0.3) is 5.91 Å². The van der Waals surface area contributed by atoms with E-state index in [1.807, 2.05) is 38.1 Å². The molecule has 158 valence electrons. The molecule has 0 aliphatic rings. The highest BCUT2D eigenvalue weighted by Crippen LogP contribution is 2.27. The van der Waals surface area contributed by atoms with Crippen LogP contribution in [-0.2, 0) is 11.3 Å². The maximum Gasteiger partial charge on any atom is 0.253 e. The number of furan rings is 1. The molecule has 0 saturated carbocycles. The standard InChI is InChI=1S/C23H33N3O3/c1-4-7-14-26(17-19-10-8-15-29-19)21-12-11-18(25-22(27)9-5-2)16-20(21)23(28)24-13-6-3/h8,10-12,15-16H,4-7,9,13-14,17H2,1-3H3,(H,24,28)(H,25,27). The molecule has 1 heterocycles. The Morgan fingerprint density at radius 2 is 1.90 bits per heavy atom. The van der Waals surface area contributed by atoms with Crippen LogP contribution >= 0.6 is 0 Å². The van der Waals surface area contributed by atoms with Gasteiger partial charge in [-0.25, -0.2) is 0 Å². The molecule has 0 bridgehead atoms.